The Labute approximate surface area is 160 Å². The van der Waals surface area contributed by atoms with Crippen LogP contribution >= 0.6 is 24.0 Å². The largest absolute Gasteiger partial charge is 0.444 e. The molecule has 134 valence electrons. The first-order chi connectivity index (χ1) is 10.8. The van der Waals surface area contributed by atoms with Crippen molar-refractivity contribution in [3.8, 4) is 0 Å². The SMILES string of the molecule is CC(C)(C)OC(=O)NC(CN=C(N)NC1CC1)c1ccccc1.I. The number of alkyl carbamates (subject to hydrolysis) is 1. The van der Waals surface area contributed by atoms with E-state index in [4.69, 9.17) is 10.5 Å². The lowest BCUT2D eigenvalue weighted by atomic mass is 10.1. The maximum Gasteiger partial charge on any atom is 0.408 e. The first-order valence-corrected chi connectivity index (χ1v) is 7.94. The fraction of sp³-hybridized carbons (Fsp3) is 0.529. The van der Waals surface area contributed by atoms with E-state index in [9.17, 15) is 4.79 Å². The van der Waals surface area contributed by atoms with Crippen LogP contribution in [0.3, 0.4) is 0 Å². The lowest BCUT2D eigenvalue weighted by Gasteiger charge is -2.23. The summed E-state index contributed by atoms with van der Waals surface area (Å²) in [6.45, 7) is 5.86. The fourth-order valence-electron chi connectivity index (χ4n) is 2.04. The van der Waals surface area contributed by atoms with E-state index in [0.29, 0.717) is 18.5 Å². The highest BCUT2D eigenvalue weighted by atomic mass is 127. The Kier molecular flexibility index (Phi) is 7.78. The second kappa shape index (κ2) is 9.10. The second-order valence-corrected chi connectivity index (χ2v) is 6.75. The molecule has 1 aromatic carbocycles. The number of halogens is 1. The van der Waals surface area contributed by atoms with Gasteiger partial charge in [-0.3, -0.25) is 4.99 Å². The number of amides is 1. The van der Waals surface area contributed by atoms with Crippen LogP contribution in [0.1, 0.15) is 45.2 Å². The number of ether oxygens (including phenoxy) is 1. The zero-order chi connectivity index (χ0) is 16.9. The molecule has 1 atom stereocenters. The number of rotatable bonds is 5. The Morgan fingerprint density at radius 2 is 1.96 bits per heavy atom. The third-order valence-corrected chi connectivity index (χ3v) is 3.27. The molecule has 1 aliphatic carbocycles. The molecule has 1 amide bonds. The van der Waals surface area contributed by atoms with Gasteiger partial charge in [-0.25, -0.2) is 4.79 Å². The molecular formula is C17H27IN4O2. The normalized spacial score (nSPS) is 15.9. The predicted octanol–water partition coefficient (Wildman–Crippen LogP) is 2.94. The smallest absolute Gasteiger partial charge is 0.408 e. The third kappa shape index (κ3) is 7.85. The van der Waals surface area contributed by atoms with E-state index in [-0.39, 0.29) is 30.0 Å². The van der Waals surface area contributed by atoms with E-state index in [2.05, 4.69) is 15.6 Å². The predicted molar refractivity (Wildman–Crippen MR) is 107 cm³/mol. The van der Waals surface area contributed by atoms with Gasteiger partial charge in [-0.1, -0.05) is 30.3 Å². The number of hydrogen-bond donors (Lipinski definition) is 3. The van der Waals surface area contributed by atoms with Crippen LogP contribution in [0.25, 0.3) is 0 Å². The van der Waals surface area contributed by atoms with Crippen LogP contribution in [0.4, 0.5) is 4.79 Å². The van der Waals surface area contributed by atoms with Gasteiger partial charge in [0.2, 0.25) is 0 Å². The molecule has 0 spiro atoms. The Bertz CT molecular complexity index is 553. The summed E-state index contributed by atoms with van der Waals surface area (Å²) in [5.74, 6) is 0.416. The van der Waals surface area contributed by atoms with Crippen LogP contribution in [0.15, 0.2) is 35.3 Å². The summed E-state index contributed by atoms with van der Waals surface area (Å²) < 4.78 is 5.33. The minimum atomic E-state index is -0.541. The number of aliphatic imine (C=N–C) groups is 1. The molecule has 0 aliphatic heterocycles. The molecule has 6 nitrogen and oxygen atoms in total. The van der Waals surface area contributed by atoms with Crippen LogP contribution in [-0.4, -0.2) is 30.2 Å². The zero-order valence-corrected chi connectivity index (χ0v) is 16.7. The second-order valence-electron chi connectivity index (χ2n) is 6.75. The number of carbonyl (C=O) groups excluding carboxylic acids is 1. The van der Waals surface area contributed by atoms with Gasteiger partial charge in [-0.05, 0) is 39.2 Å². The Balaban J connectivity index is 0.00000288. The van der Waals surface area contributed by atoms with E-state index in [1.807, 2.05) is 51.1 Å². The number of hydrogen-bond acceptors (Lipinski definition) is 3. The summed E-state index contributed by atoms with van der Waals surface area (Å²) in [4.78, 5) is 16.4. The van der Waals surface area contributed by atoms with Crippen LogP contribution in [0.2, 0.25) is 0 Å². The molecular weight excluding hydrogens is 419 g/mol. The third-order valence-electron chi connectivity index (χ3n) is 3.27. The maximum atomic E-state index is 12.0. The van der Waals surface area contributed by atoms with E-state index in [1.165, 1.54) is 0 Å². The Morgan fingerprint density at radius 1 is 1.33 bits per heavy atom. The van der Waals surface area contributed by atoms with Crippen molar-refractivity contribution in [2.75, 3.05) is 6.54 Å². The lowest BCUT2D eigenvalue weighted by molar-refractivity contribution is 0.0505. The Morgan fingerprint density at radius 3 is 2.50 bits per heavy atom. The summed E-state index contributed by atoms with van der Waals surface area (Å²) in [6, 6.07) is 9.84. The van der Waals surface area contributed by atoms with E-state index < -0.39 is 11.7 Å². The summed E-state index contributed by atoms with van der Waals surface area (Å²) >= 11 is 0. The lowest BCUT2D eigenvalue weighted by Crippen LogP contribution is -2.37. The molecule has 0 heterocycles. The molecule has 1 aliphatic rings. The molecule has 1 saturated carbocycles. The molecule has 1 aromatic rings. The van der Waals surface area contributed by atoms with Crippen molar-refractivity contribution in [2.24, 2.45) is 10.7 Å². The van der Waals surface area contributed by atoms with Crippen LogP contribution in [0, 0.1) is 0 Å². The molecule has 0 aromatic heterocycles. The van der Waals surface area contributed by atoms with E-state index >= 15 is 0 Å². The molecule has 0 bridgehead atoms. The average molecular weight is 446 g/mol. The van der Waals surface area contributed by atoms with Gasteiger partial charge in [-0.15, -0.1) is 24.0 Å². The number of nitrogens with one attached hydrogen (secondary N) is 2. The van der Waals surface area contributed by atoms with Crippen LogP contribution in [-0.2, 0) is 4.74 Å². The molecule has 24 heavy (non-hydrogen) atoms. The molecule has 4 N–H and O–H groups in total. The first-order valence-electron chi connectivity index (χ1n) is 7.94. The molecule has 7 heteroatoms. The van der Waals surface area contributed by atoms with Crippen molar-refractivity contribution in [1.29, 1.82) is 0 Å². The molecule has 1 unspecified atom stereocenters. The zero-order valence-electron chi connectivity index (χ0n) is 14.4. The fourth-order valence-corrected chi connectivity index (χ4v) is 2.04. The summed E-state index contributed by atoms with van der Waals surface area (Å²) in [6.07, 6.45) is 1.80. The molecule has 2 rings (SSSR count). The van der Waals surface area contributed by atoms with Crippen LogP contribution in [0.5, 0.6) is 0 Å². The van der Waals surface area contributed by atoms with Gasteiger partial charge in [-0.2, -0.15) is 0 Å². The van der Waals surface area contributed by atoms with E-state index in [1.54, 1.807) is 0 Å². The maximum absolute atomic E-state index is 12.0. The highest BCUT2D eigenvalue weighted by Crippen LogP contribution is 2.18. The van der Waals surface area contributed by atoms with E-state index in [0.717, 1.165) is 18.4 Å². The standard InChI is InChI=1S/C17H26N4O2.HI/c1-17(2,3)23-16(22)21-14(12-7-5-4-6-8-12)11-19-15(18)20-13-9-10-13;/h4-8,13-14H,9-11H2,1-3H3,(H,21,22)(H3,18,19,20);1H. The molecule has 0 radical (unpaired) electrons. The minimum Gasteiger partial charge on any atom is -0.444 e. The van der Waals surface area contributed by atoms with Crippen molar-refractivity contribution in [3.63, 3.8) is 0 Å². The van der Waals surface area contributed by atoms with Crippen molar-refractivity contribution < 1.29 is 9.53 Å². The minimum absolute atomic E-state index is 0. The van der Waals surface area contributed by atoms with Crippen molar-refractivity contribution in [1.82, 2.24) is 10.6 Å². The average Bonchev–Trinajstić information content (AvgIpc) is 3.26. The number of carbonyl (C=O) groups is 1. The number of nitrogens with zero attached hydrogens (tertiary/aromatic N) is 1. The van der Waals surface area contributed by atoms with Gasteiger partial charge in [0.05, 0.1) is 12.6 Å². The number of benzene rings is 1. The van der Waals surface area contributed by atoms with Gasteiger partial charge >= 0.3 is 6.09 Å². The van der Waals surface area contributed by atoms with Crippen LogP contribution < -0.4 is 16.4 Å². The summed E-state index contributed by atoms with van der Waals surface area (Å²) in [5.41, 5.74) is 6.29. The van der Waals surface area contributed by atoms with Gasteiger partial charge in [0, 0.05) is 6.04 Å². The first kappa shape index (κ1) is 20.5. The van der Waals surface area contributed by atoms with Gasteiger partial charge in [0.15, 0.2) is 5.96 Å². The Hall–Kier alpha value is -1.51. The van der Waals surface area contributed by atoms with Gasteiger partial charge in [0.25, 0.3) is 0 Å². The van der Waals surface area contributed by atoms with Crippen molar-refractivity contribution in [2.45, 2.75) is 51.3 Å². The monoisotopic (exact) mass is 446 g/mol. The molecule has 0 saturated heterocycles. The quantitative estimate of drug-likeness (QED) is 0.369. The highest BCUT2D eigenvalue weighted by molar-refractivity contribution is 14.0. The number of nitrogens with two attached hydrogens (primary N) is 1. The van der Waals surface area contributed by atoms with Crippen molar-refractivity contribution >= 4 is 36.0 Å². The van der Waals surface area contributed by atoms with Crippen molar-refractivity contribution in [3.05, 3.63) is 35.9 Å². The van der Waals surface area contributed by atoms with Gasteiger partial charge in [0.1, 0.15) is 5.60 Å². The topological polar surface area (TPSA) is 88.7 Å². The van der Waals surface area contributed by atoms with Gasteiger partial charge < -0.3 is 21.1 Å². The number of guanidine groups is 1. The highest BCUT2D eigenvalue weighted by Gasteiger charge is 2.22. The molecule has 1 fully saturated rings. The summed E-state index contributed by atoms with van der Waals surface area (Å²) in [5, 5.41) is 6.00. The summed E-state index contributed by atoms with van der Waals surface area (Å²) in [7, 11) is 0.